The summed E-state index contributed by atoms with van der Waals surface area (Å²) in [7, 11) is 1.17. The van der Waals surface area contributed by atoms with Gasteiger partial charge in [-0.2, -0.15) is 0 Å². The van der Waals surface area contributed by atoms with E-state index in [0.717, 1.165) is 4.47 Å². The average Bonchev–Trinajstić information content (AvgIpc) is 2.34. The largest absolute Gasteiger partial charge is 0.467 e. The smallest absolute Gasteiger partial charge is 0.330 e. The third-order valence-electron chi connectivity index (χ3n) is 2.15. The van der Waals surface area contributed by atoms with Crippen LogP contribution in [-0.2, 0) is 9.53 Å². The number of hydrogen-bond acceptors (Lipinski definition) is 4. The highest BCUT2D eigenvalue weighted by Crippen LogP contribution is 2.21. The molecule has 1 rings (SSSR count). The second-order valence-electron chi connectivity index (χ2n) is 3.36. The molecule has 18 heavy (non-hydrogen) atoms. The molecule has 7 heteroatoms. The number of rotatable bonds is 4. The molecule has 0 heterocycles. The van der Waals surface area contributed by atoms with Crippen molar-refractivity contribution in [2.45, 2.75) is 6.04 Å². The van der Waals surface area contributed by atoms with Gasteiger partial charge in [0, 0.05) is 4.47 Å². The van der Waals surface area contributed by atoms with Gasteiger partial charge in [-0.3, -0.25) is 4.79 Å². The van der Waals surface area contributed by atoms with Crippen molar-refractivity contribution in [1.82, 2.24) is 5.32 Å². The van der Waals surface area contributed by atoms with Gasteiger partial charge in [0.15, 0.2) is 6.04 Å². The van der Waals surface area contributed by atoms with Crippen LogP contribution in [0.15, 0.2) is 22.7 Å². The summed E-state index contributed by atoms with van der Waals surface area (Å²) in [5.74, 6) is -1.28. The number of aliphatic hydroxyl groups is 1. The fourth-order valence-corrected chi connectivity index (χ4v) is 1.99. The number of halogens is 2. The van der Waals surface area contributed by atoms with Crippen LogP contribution < -0.4 is 5.32 Å². The number of amides is 1. The first-order valence-electron chi connectivity index (χ1n) is 4.94. The van der Waals surface area contributed by atoms with Crippen molar-refractivity contribution in [3.8, 4) is 0 Å². The molecule has 5 nitrogen and oxygen atoms in total. The van der Waals surface area contributed by atoms with Gasteiger partial charge in [-0.1, -0.05) is 27.5 Å². The maximum atomic E-state index is 11.8. The molecular weight excluding hydrogens is 325 g/mol. The SMILES string of the molecule is COC(=O)C(CO)NC(=O)c1ccc(Br)cc1Cl. The van der Waals surface area contributed by atoms with E-state index in [1.165, 1.54) is 13.2 Å². The maximum Gasteiger partial charge on any atom is 0.330 e. The monoisotopic (exact) mass is 335 g/mol. The maximum absolute atomic E-state index is 11.8. The summed E-state index contributed by atoms with van der Waals surface area (Å²) in [6, 6.07) is 3.60. The Hall–Kier alpha value is -1.11. The summed E-state index contributed by atoms with van der Waals surface area (Å²) < 4.78 is 5.17. The summed E-state index contributed by atoms with van der Waals surface area (Å²) in [5, 5.41) is 11.6. The quantitative estimate of drug-likeness (QED) is 0.814. The highest BCUT2D eigenvalue weighted by atomic mass is 79.9. The van der Waals surface area contributed by atoms with Crippen LogP contribution in [0.3, 0.4) is 0 Å². The van der Waals surface area contributed by atoms with Gasteiger partial charge in [0.25, 0.3) is 5.91 Å². The summed E-state index contributed by atoms with van der Waals surface area (Å²) in [4.78, 5) is 23.0. The van der Waals surface area contributed by atoms with Gasteiger partial charge in [-0.15, -0.1) is 0 Å². The average molecular weight is 337 g/mol. The van der Waals surface area contributed by atoms with Gasteiger partial charge in [-0.05, 0) is 18.2 Å². The molecule has 0 aliphatic rings. The van der Waals surface area contributed by atoms with Gasteiger partial charge in [0.05, 0.1) is 24.3 Å². The zero-order valence-corrected chi connectivity index (χ0v) is 11.8. The van der Waals surface area contributed by atoms with E-state index in [1.54, 1.807) is 12.1 Å². The Morgan fingerprint density at radius 3 is 2.72 bits per heavy atom. The number of carbonyl (C=O) groups is 2. The van der Waals surface area contributed by atoms with Gasteiger partial charge >= 0.3 is 5.97 Å². The second kappa shape index (κ2) is 6.72. The number of methoxy groups -OCH3 is 1. The van der Waals surface area contributed by atoms with E-state index >= 15 is 0 Å². The number of carbonyl (C=O) groups excluding carboxylic acids is 2. The van der Waals surface area contributed by atoms with E-state index in [1.807, 2.05) is 0 Å². The van der Waals surface area contributed by atoms with E-state index in [-0.39, 0.29) is 10.6 Å². The lowest BCUT2D eigenvalue weighted by Crippen LogP contribution is -2.44. The standard InChI is InChI=1S/C11H11BrClNO4/c1-18-11(17)9(5-15)14-10(16)7-3-2-6(12)4-8(7)13/h2-4,9,15H,5H2,1H3,(H,14,16). The zero-order valence-electron chi connectivity index (χ0n) is 9.44. The molecule has 1 atom stereocenters. The van der Waals surface area contributed by atoms with Gasteiger partial charge in [0.2, 0.25) is 0 Å². The minimum absolute atomic E-state index is 0.210. The molecule has 0 saturated carbocycles. The van der Waals surface area contributed by atoms with E-state index in [4.69, 9.17) is 16.7 Å². The van der Waals surface area contributed by atoms with E-state index in [0.29, 0.717) is 0 Å². The van der Waals surface area contributed by atoms with Crippen LogP contribution in [-0.4, -0.2) is 36.7 Å². The summed E-state index contributed by atoms with van der Waals surface area (Å²) >= 11 is 9.11. The van der Waals surface area contributed by atoms with Crippen LogP contribution in [0.4, 0.5) is 0 Å². The molecule has 0 bridgehead atoms. The third-order valence-corrected chi connectivity index (χ3v) is 2.96. The van der Waals surface area contributed by atoms with E-state index < -0.39 is 24.5 Å². The molecule has 0 spiro atoms. The molecule has 98 valence electrons. The molecule has 0 aromatic heterocycles. The fraction of sp³-hybridized carbons (Fsp3) is 0.273. The number of aliphatic hydroxyl groups excluding tert-OH is 1. The molecule has 2 N–H and O–H groups in total. The van der Waals surface area contributed by atoms with Crippen molar-refractivity contribution in [1.29, 1.82) is 0 Å². The fourth-order valence-electron chi connectivity index (χ4n) is 1.23. The van der Waals surface area contributed by atoms with Crippen LogP contribution in [0, 0.1) is 0 Å². The van der Waals surface area contributed by atoms with Crippen LogP contribution in [0.5, 0.6) is 0 Å². The summed E-state index contributed by atoms with van der Waals surface area (Å²) in [6.45, 7) is -0.549. The first kappa shape index (κ1) is 14.9. The Morgan fingerprint density at radius 2 is 2.22 bits per heavy atom. The molecule has 1 aromatic carbocycles. The predicted molar refractivity (Wildman–Crippen MR) is 69.5 cm³/mol. The molecule has 1 aromatic rings. The highest BCUT2D eigenvalue weighted by Gasteiger charge is 2.22. The van der Waals surface area contributed by atoms with Crippen LogP contribution in [0.2, 0.25) is 5.02 Å². The van der Waals surface area contributed by atoms with Crippen molar-refractivity contribution in [2.75, 3.05) is 13.7 Å². The summed E-state index contributed by atoms with van der Waals surface area (Å²) in [5.41, 5.74) is 0.210. The van der Waals surface area contributed by atoms with Gasteiger partial charge in [0.1, 0.15) is 0 Å². The van der Waals surface area contributed by atoms with E-state index in [2.05, 4.69) is 26.0 Å². The van der Waals surface area contributed by atoms with Crippen molar-refractivity contribution < 1.29 is 19.4 Å². The Morgan fingerprint density at radius 1 is 1.56 bits per heavy atom. The number of nitrogens with one attached hydrogen (secondary N) is 1. The lowest BCUT2D eigenvalue weighted by Gasteiger charge is -2.14. The topological polar surface area (TPSA) is 75.6 Å². The molecule has 0 aliphatic heterocycles. The predicted octanol–water partition coefficient (Wildman–Crippen LogP) is 1.37. The Labute approximate surface area is 117 Å². The number of esters is 1. The molecule has 0 aliphatic carbocycles. The summed E-state index contributed by atoms with van der Waals surface area (Å²) in [6.07, 6.45) is 0. The number of hydrogen-bond donors (Lipinski definition) is 2. The molecular formula is C11H11BrClNO4. The van der Waals surface area contributed by atoms with Crippen LogP contribution in [0.25, 0.3) is 0 Å². The molecule has 1 amide bonds. The number of benzene rings is 1. The van der Waals surface area contributed by atoms with E-state index in [9.17, 15) is 9.59 Å². The van der Waals surface area contributed by atoms with Crippen molar-refractivity contribution >= 4 is 39.4 Å². The minimum Gasteiger partial charge on any atom is -0.467 e. The first-order chi connectivity index (χ1) is 8.49. The zero-order chi connectivity index (χ0) is 13.7. The normalized spacial score (nSPS) is 11.8. The number of ether oxygens (including phenoxy) is 1. The van der Waals surface area contributed by atoms with Crippen molar-refractivity contribution in [2.24, 2.45) is 0 Å². The molecule has 1 unspecified atom stereocenters. The molecule has 0 radical (unpaired) electrons. The Bertz CT molecular complexity index is 466. The second-order valence-corrected chi connectivity index (χ2v) is 4.68. The Kier molecular flexibility index (Phi) is 5.58. The lowest BCUT2D eigenvalue weighted by atomic mass is 10.2. The highest BCUT2D eigenvalue weighted by molar-refractivity contribution is 9.10. The van der Waals surface area contributed by atoms with Crippen LogP contribution in [0.1, 0.15) is 10.4 Å². The van der Waals surface area contributed by atoms with Crippen LogP contribution >= 0.6 is 27.5 Å². The lowest BCUT2D eigenvalue weighted by molar-refractivity contribution is -0.143. The first-order valence-corrected chi connectivity index (χ1v) is 6.11. The minimum atomic E-state index is -1.11. The Balaban J connectivity index is 2.84. The molecule has 0 saturated heterocycles. The third kappa shape index (κ3) is 3.69. The van der Waals surface area contributed by atoms with Gasteiger partial charge < -0.3 is 15.2 Å². The van der Waals surface area contributed by atoms with Gasteiger partial charge in [-0.25, -0.2) is 4.79 Å². The molecule has 0 fully saturated rings. The van der Waals surface area contributed by atoms with Crippen molar-refractivity contribution in [3.05, 3.63) is 33.3 Å². The van der Waals surface area contributed by atoms with Crippen molar-refractivity contribution in [3.63, 3.8) is 0 Å².